The third kappa shape index (κ3) is 5.19. The summed E-state index contributed by atoms with van der Waals surface area (Å²) in [5.74, 6) is 0.227. The fourth-order valence-corrected chi connectivity index (χ4v) is 4.00. The van der Waals surface area contributed by atoms with Gasteiger partial charge in [-0.1, -0.05) is 30.0 Å². The zero-order chi connectivity index (χ0) is 22.5. The van der Waals surface area contributed by atoms with Crippen LogP contribution in [-0.2, 0) is 9.59 Å². The molecule has 0 unspecified atom stereocenters. The van der Waals surface area contributed by atoms with Gasteiger partial charge in [0.05, 0.1) is 24.0 Å². The number of hydrogen-bond donors (Lipinski definition) is 1. The van der Waals surface area contributed by atoms with E-state index < -0.39 is 10.8 Å². The van der Waals surface area contributed by atoms with E-state index in [2.05, 4.69) is 5.32 Å². The molecule has 9 nitrogen and oxygen atoms in total. The molecule has 160 valence electrons. The number of nitro benzene ring substituents is 1. The minimum atomic E-state index is -0.531. The van der Waals surface area contributed by atoms with Gasteiger partial charge in [-0.25, -0.2) is 0 Å². The number of rotatable bonds is 7. The Labute approximate surface area is 187 Å². The molecular weight excluding hydrogens is 442 g/mol. The first-order valence-corrected chi connectivity index (χ1v) is 10.1. The molecule has 11 heteroatoms. The summed E-state index contributed by atoms with van der Waals surface area (Å²) in [7, 11) is 3.05. The molecule has 1 saturated heterocycles. The second-order valence-electron chi connectivity index (χ2n) is 6.23. The Bertz CT molecular complexity index is 1080. The minimum absolute atomic E-state index is 0.0877. The topological polar surface area (TPSA) is 111 Å². The molecule has 0 aliphatic carbocycles. The third-order valence-electron chi connectivity index (χ3n) is 4.24. The van der Waals surface area contributed by atoms with Gasteiger partial charge < -0.3 is 14.8 Å². The molecule has 0 bridgehead atoms. The van der Waals surface area contributed by atoms with Crippen LogP contribution in [0.4, 0.5) is 11.4 Å². The second-order valence-corrected chi connectivity index (χ2v) is 7.91. The molecule has 2 aromatic rings. The van der Waals surface area contributed by atoms with Crippen molar-refractivity contribution in [3.63, 3.8) is 0 Å². The van der Waals surface area contributed by atoms with Gasteiger partial charge in [-0.3, -0.25) is 24.6 Å². The number of benzene rings is 2. The molecule has 1 aliphatic rings. The Kier molecular flexibility index (Phi) is 6.88. The molecule has 1 fully saturated rings. The quantitative estimate of drug-likeness (QED) is 0.290. The van der Waals surface area contributed by atoms with Gasteiger partial charge in [-0.2, -0.15) is 0 Å². The maximum absolute atomic E-state index is 12.7. The number of nitrogens with one attached hydrogen (secondary N) is 1. The van der Waals surface area contributed by atoms with Crippen molar-refractivity contribution >= 4 is 57.6 Å². The standard InChI is InChI=1S/C20H17N3O6S2/c1-28-15-8-3-12(9-16(15)29-2)10-17-19(25)22(20(30)31-17)11-18(24)21-13-4-6-14(7-5-13)23(26)27/h3-10H,11H2,1-2H3,(H,21,24)/b17-10+. The predicted octanol–water partition coefficient (Wildman–Crippen LogP) is 3.45. The lowest BCUT2D eigenvalue weighted by Crippen LogP contribution is -2.36. The molecule has 0 radical (unpaired) electrons. The van der Waals surface area contributed by atoms with E-state index in [1.54, 1.807) is 24.3 Å². The van der Waals surface area contributed by atoms with E-state index >= 15 is 0 Å². The van der Waals surface area contributed by atoms with Crippen LogP contribution in [-0.4, -0.2) is 46.7 Å². The Morgan fingerprint density at radius 1 is 1.19 bits per heavy atom. The highest BCUT2D eigenvalue weighted by atomic mass is 32.2. The largest absolute Gasteiger partial charge is 0.493 e. The molecule has 2 amide bonds. The lowest BCUT2D eigenvalue weighted by atomic mass is 10.2. The molecular formula is C20H17N3O6S2. The van der Waals surface area contributed by atoms with Gasteiger partial charge in [0.2, 0.25) is 5.91 Å². The third-order valence-corrected chi connectivity index (χ3v) is 5.62. The smallest absolute Gasteiger partial charge is 0.269 e. The number of thiocarbonyl (C=S) groups is 1. The number of carbonyl (C=O) groups excluding carboxylic acids is 2. The molecule has 0 aromatic heterocycles. The number of methoxy groups -OCH3 is 2. The normalized spacial score (nSPS) is 14.6. The van der Waals surface area contributed by atoms with Crippen LogP contribution in [0.1, 0.15) is 5.56 Å². The number of non-ortho nitro benzene ring substituents is 1. The summed E-state index contributed by atoms with van der Waals surface area (Å²) >= 11 is 6.35. The Morgan fingerprint density at radius 2 is 1.87 bits per heavy atom. The first kappa shape index (κ1) is 22.2. The molecule has 31 heavy (non-hydrogen) atoms. The van der Waals surface area contributed by atoms with Gasteiger partial charge in [0.1, 0.15) is 10.9 Å². The van der Waals surface area contributed by atoms with Crippen molar-refractivity contribution in [2.24, 2.45) is 0 Å². The first-order chi connectivity index (χ1) is 14.8. The van der Waals surface area contributed by atoms with E-state index in [1.165, 1.54) is 43.4 Å². The predicted molar refractivity (Wildman–Crippen MR) is 121 cm³/mol. The second kappa shape index (κ2) is 9.58. The van der Waals surface area contributed by atoms with Crippen LogP contribution in [0.25, 0.3) is 6.08 Å². The average Bonchev–Trinajstić information content (AvgIpc) is 3.01. The van der Waals surface area contributed by atoms with Crippen molar-refractivity contribution in [1.82, 2.24) is 4.90 Å². The number of nitrogens with zero attached hydrogens (tertiary/aromatic N) is 2. The number of hydrogen-bond acceptors (Lipinski definition) is 8. The van der Waals surface area contributed by atoms with Gasteiger partial charge in [-0.15, -0.1) is 0 Å². The van der Waals surface area contributed by atoms with E-state index in [-0.39, 0.29) is 22.5 Å². The zero-order valence-electron chi connectivity index (χ0n) is 16.5. The Morgan fingerprint density at radius 3 is 2.48 bits per heavy atom. The Balaban J connectivity index is 1.69. The number of anilines is 1. The molecule has 3 rings (SSSR count). The van der Waals surface area contributed by atoms with Crippen LogP contribution < -0.4 is 14.8 Å². The number of nitro groups is 1. The van der Waals surface area contributed by atoms with E-state index in [4.69, 9.17) is 21.7 Å². The summed E-state index contributed by atoms with van der Waals surface area (Å²) in [5, 5.41) is 13.3. The molecule has 1 aliphatic heterocycles. The maximum atomic E-state index is 12.7. The van der Waals surface area contributed by atoms with E-state index in [1.807, 2.05) is 0 Å². The summed E-state index contributed by atoms with van der Waals surface area (Å²) in [6.07, 6.45) is 1.66. The van der Waals surface area contributed by atoms with Gasteiger partial charge >= 0.3 is 0 Å². The monoisotopic (exact) mass is 459 g/mol. The van der Waals surface area contributed by atoms with Gasteiger partial charge in [-0.05, 0) is 35.9 Å². The van der Waals surface area contributed by atoms with Crippen LogP contribution in [0.2, 0.25) is 0 Å². The highest BCUT2D eigenvalue weighted by Crippen LogP contribution is 2.34. The molecule has 2 aromatic carbocycles. The zero-order valence-corrected chi connectivity index (χ0v) is 18.1. The summed E-state index contributed by atoms with van der Waals surface area (Å²) < 4.78 is 10.7. The number of amides is 2. The highest BCUT2D eigenvalue weighted by molar-refractivity contribution is 8.26. The summed E-state index contributed by atoms with van der Waals surface area (Å²) in [5.41, 5.74) is 1.01. The Hall–Kier alpha value is -3.44. The van der Waals surface area contributed by atoms with Crippen LogP contribution in [0, 0.1) is 10.1 Å². The average molecular weight is 460 g/mol. The van der Waals surface area contributed by atoms with Crippen LogP contribution >= 0.6 is 24.0 Å². The maximum Gasteiger partial charge on any atom is 0.269 e. The fraction of sp³-hybridized carbons (Fsp3) is 0.150. The summed E-state index contributed by atoms with van der Waals surface area (Å²) in [6.45, 7) is -0.273. The lowest BCUT2D eigenvalue weighted by molar-refractivity contribution is -0.384. The number of ether oxygens (including phenoxy) is 2. The number of carbonyl (C=O) groups is 2. The van der Waals surface area contributed by atoms with E-state index in [0.29, 0.717) is 27.7 Å². The minimum Gasteiger partial charge on any atom is -0.493 e. The van der Waals surface area contributed by atoms with Gasteiger partial charge in [0.25, 0.3) is 11.6 Å². The molecule has 1 heterocycles. The van der Waals surface area contributed by atoms with E-state index in [0.717, 1.165) is 11.8 Å². The fourth-order valence-electron chi connectivity index (χ4n) is 2.74. The van der Waals surface area contributed by atoms with Crippen molar-refractivity contribution in [3.05, 3.63) is 63.0 Å². The van der Waals surface area contributed by atoms with E-state index in [9.17, 15) is 19.7 Å². The van der Waals surface area contributed by atoms with Crippen LogP contribution in [0.5, 0.6) is 11.5 Å². The number of thioether (sulfide) groups is 1. The van der Waals surface area contributed by atoms with Gasteiger partial charge in [0.15, 0.2) is 11.5 Å². The molecule has 0 atom stereocenters. The highest BCUT2D eigenvalue weighted by Gasteiger charge is 2.33. The SMILES string of the molecule is COc1ccc(/C=C2/SC(=S)N(CC(=O)Nc3ccc([N+](=O)[O-])cc3)C2=O)cc1OC. The van der Waals surface area contributed by atoms with Crippen LogP contribution in [0.3, 0.4) is 0 Å². The first-order valence-electron chi connectivity index (χ1n) is 8.84. The molecule has 0 saturated carbocycles. The van der Waals surface area contributed by atoms with Crippen molar-refractivity contribution in [2.45, 2.75) is 0 Å². The van der Waals surface area contributed by atoms with Crippen LogP contribution in [0.15, 0.2) is 47.4 Å². The van der Waals surface area contributed by atoms with Crippen molar-refractivity contribution < 1.29 is 24.0 Å². The molecule has 0 spiro atoms. The lowest BCUT2D eigenvalue weighted by Gasteiger charge is -2.14. The molecule has 1 N–H and O–H groups in total. The summed E-state index contributed by atoms with van der Waals surface area (Å²) in [6, 6.07) is 10.6. The van der Waals surface area contributed by atoms with Gasteiger partial charge in [0, 0.05) is 17.8 Å². The van der Waals surface area contributed by atoms with Crippen molar-refractivity contribution in [2.75, 3.05) is 26.1 Å². The van der Waals surface area contributed by atoms with Crippen molar-refractivity contribution in [3.8, 4) is 11.5 Å². The van der Waals surface area contributed by atoms with Crippen molar-refractivity contribution in [1.29, 1.82) is 0 Å². The summed E-state index contributed by atoms with van der Waals surface area (Å²) in [4.78, 5) is 36.8.